The predicted octanol–water partition coefficient (Wildman–Crippen LogP) is 2.50. The van der Waals surface area contributed by atoms with Crippen molar-refractivity contribution in [2.45, 2.75) is 26.2 Å². The Hall–Kier alpha value is -1.84. The molecule has 0 amide bonds. The summed E-state index contributed by atoms with van der Waals surface area (Å²) in [5.74, 6) is -0.419. The van der Waals surface area contributed by atoms with Crippen LogP contribution >= 0.6 is 0 Å². The highest BCUT2D eigenvalue weighted by Crippen LogP contribution is 2.41. The standard InChI is InChI=1S/C12H12N2O2/c1-6-12(2,3)7-4-10-9(5-8(7)13-6)14-11(15)16-10/h4-5H,1-3H3,(H,14,15). The van der Waals surface area contributed by atoms with Crippen molar-refractivity contribution in [3.05, 3.63) is 28.2 Å². The molecule has 0 spiro atoms. The molecule has 0 atom stereocenters. The first-order valence-electron chi connectivity index (χ1n) is 5.21. The van der Waals surface area contributed by atoms with Gasteiger partial charge in [0, 0.05) is 11.1 Å². The number of nitrogens with zero attached hydrogens (tertiary/aromatic N) is 1. The zero-order valence-electron chi connectivity index (χ0n) is 9.42. The molecular weight excluding hydrogens is 204 g/mol. The van der Waals surface area contributed by atoms with E-state index in [9.17, 15) is 4.79 Å². The summed E-state index contributed by atoms with van der Waals surface area (Å²) < 4.78 is 5.06. The number of benzene rings is 1. The van der Waals surface area contributed by atoms with Gasteiger partial charge in [-0.2, -0.15) is 0 Å². The van der Waals surface area contributed by atoms with E-state index < -0.39 is 5.76 Å². The molecule has 1 aliphatic rings. The highest BCUT2D eigenvalue weighted by atomic mass is 16.4. The molecule has 0 saturated carbocycles. The van der Waals surface area contributed by atoms with E-state index in [-0.39, 0.29) is 5.41 Å². The largest absolute Gasteiger partial charge is 0.417 e. The first-order valence-corrected chi connectivity index (χ1v) is 5.21. The van der Waals surface area contributed by atoms with Gasteiger partial charge in [0.25, 0.3) is 0 Å². The normalized spacial score (nSPS) is 17.6. The second kappa shape index (κ2) is 2.64. The molecule has 4 heteroatoms. The Morgan fingerprint density at radius 1 is 1.38 bits per heavy atom. The van der Waals surface area contributed by atoms with Gasteiger partial charge in [-0.1, -0.05) is 13.8 Å². The minimum absolute atomic E-state index is 0.0840. The first kappa shape index (κ1) is 9.39. The molecule has 0 fully saturated rings. The Labute approximate surface area is 92.0 Å². The van der Waals surface area contributed by atoms with Crippen LogP contribution in [0.4, 0.5) is 5.69 Å². The fourth-order valence-corrected chi connectivity index (χ4v) is 2.09. The van der Waals surface area contributed by atoms with Crippen molar-refractivity contribution in [1.29, 1.82) is 0 Å². The summed E-state index contributed by atoms with van der Waals surface area (Å²) in [5, 5.41) is 0. The van der Waals surface area contributed by atoms with Crippen LogP contribution in [0.25, 0.3) is 11.1 Å². The fourth-order valence-electron chi connectivity index (χ4n) is 2.09. The Morgan fingerprint density at radius 2 is 2.12 bits per heavy atom. The van der Waals surface area contributed by atoms with Crippen LogP contribution in [0.15, 0.2) is 26.3 Å². The van der Waals surface area contributed by atoms with Crippen molar-refractivity contribution in [1.82, 2.24) is 4.98 Å². The SMILES string of the molecule is CC1=Nc2cc3[nH]c(=O)oc3cc2C1(C)C. The van der Waals surface area contributed by atoms with Crippen molar-refractivity contribution in [3.63, 3.8) is 0 Å². The molecule has 0 aliphatic carbocycles. The summed E-state index contributed by atoms with van der Waals surface area (Å²) in [5.41, 5.74) is 4.34. The highest BCUT2D eigenvalue weighted by Gasteiger charge is 2.32. The number of nitrogens with one attached hydrogen (secondary N) is 1. The summed E-state index contributed by atoms with van der Waals surface area (Å²) in [4.78, 5) is 18.2. The van der Waals surface area contributed by atoms with Crippen LogP contribution in [0.3, 0.4) is 0 Å². The second-order valence-electron chi connectivity index (χ2n) is 4.70. The quantitative estimate of drug-likeness (QED) is 0.735. The van der Waals surface area contributed by atoms with Crippen LogP contribution in [0, 0.1) is 0 Å². The number of aromatic amines is 1. The van der Waals surface area contributed by atoms with E-state index in [4.69, 9.17) is 4.42 Å². The molecule has 3 rings (SSSR count). The molecule has 1 N–H and O–H groups in total. The van der Waals surface area contributed by atoms with Gasteiger partial charge in [-0.05, 0) is 24.6 Å². The molecule has 16 heavy (non-hydrogen) atoms. The lowest BCUT2D eigenvalue weighted by atomic mass is 9.82. The zero-order chi connectivity index (χ0) is 11.5. The van der Waals surface area contributed by atoms with Gasteiger partial charge < -0.3 is 4.42 Å². The number of aromatic nitrogens is 1. The molecular formula is C12H12N2O2. The molecule has 1 aliphatic heterocycles. The number of hydrogen-bond acceptors (Lipinski definition) is 3. The fraction of sp³-hybridized carbons (Fsp3) is 0.333. The van der Waals surface area contributed by atoms with E-state index >= 15 is 0 Å². The van der Waals surface area contributed by atoms with E-state index in [1.807, 2.05) is 19.1 Å². The maximum Gasteiger partial charge on any atom is 0.417 e. The van der Waals surface area contributed by atoms with E-state index in [2.05, 4.69) is 23.8 Å². The molecule has 0 bridgehead atoms. The van der Waals surface area contributed by atoms with Gasteiger partial charge in [0.2, 0.25) is 0 Å². The van der Waals surface area contributed by atoms with Crippen molar-refractivity contribution in [3.8, 4) is 0 Å². The van der Waals surface area contributed by atoms with Crippen LogP contribution < -0.4 is 5.76 Å². The van der Waals surface area contributed by atoms with Gasteiger partial charge in [0.1, 0.15) is 0 Å². The lowest BCUT2D eigenvalue weighted by Crippen LogP contribution is -2.22. The Bertz CT molecular complexity index is 674. The molecule has 2 aromatic rings. The lowest BCUT2D eigenvalue weighted by Gasteiger charge is -2.19. The van der Waals surface area contributed by atoms with Gasteiger partial charge in [0.15, 0.2) is 5.58 Å². The third-order valence-corrected chi connectivity index (χ3v) is 3.40. The summed E-state index contributed by atoms with van der Waals surface area (Å²) in [7, 11) is 0. The monoisotopic (exact) mass is 216 g/mol. The lowest BCUT2D eigenvalue weighted by molar-refractivity contribution is 0.554. The maximum atomic E-state index is 11.1. The summed E-state index contributed by atoms with van der Waals surface area (Å²) in [6.45, 7) is 6.26. The minimum Gasteiger partial charge on any atom is -0.408 e. The minimum atomic E-state index is -0.419. The molecule has 4 nitrogen and oxygen atoms in total. The number of oxazole rings is 1. The Kier molecular flexibility index (Phi) is 1.55. The summed E-state index contributed by atoms with van der Waals surface area (Å²) in [6, 6.07) is 3.77. The van der Waals surface area contributed by atoms with Crippen LogP contribution in [-0.2, 0) is 5.41 Å². The number of rotatable bonds is 0. The third kappa shape index (κ3) is 1.04. The van der Waals surface area contributed by atoms with Crippen molar-refractivity contribution < 1.29 is 4.42 Å². The molecule has 2 heterocycles. The first-order chi connectivity index (χ1) is 7.48. The van der Waals surface area contributed by atoms with Crippen molar-refractivity contribution >= 4 is 22.5 Å². The zero-order valence-corrected chi connectivity index (χ0v) is 9.42. The highest BCUT2D eigenvalue weighted by molar-refractivity contribution is 6.01. The molecule has 0 radical (unpaired) electrons. The number of H-pyrrole nitrogens is 1. The number of aliphatic imine (C=N–C) groups is 1. The average Bonchev–Trinajstić information content (AvgIpc) is 2.63. The van der Waals surface area contributed by atoms with Gasteiger partial charge >= 0.3 is 5.76 Å². The van der Waals surface area contributed by atoms with Crippen LogP contribution in [-0.4, -0.2) is 10.7 Å². The maximum absolute atomic E-state index is 11.1. The van der Waals surface area contributed by atoms with E-state index in [1.165, 1.54) is 0 Å². The molecule has 82 valence electrons. The predicted molar refractivity (Wildman–Crippen MR) is 62.6 cm³/mol. The van der Waals surface area contributed by atoms with Gasteiger partial charge in [-0.25, -0.2) is 4.79 Å². The number of fused-ring (bicyclic) bond motifs is 2. The molecule has 0 unspecified atom stereocenters. The Balaban J connectivity index is 2.39. The molecule has 1 aromatic carbocycles. The van der Waals surface area contributed by atoms with Gasteiger partial charge in [-0.15, -0.1) is 0 Å². The van der Waals surface area contributed by atoms with Gasteiger partial charge in [0.05, 0.1) is 11.2 Å². The smallest absolute Gasteiger partial charge is 0.408 e. The van der Waals surface area contributed by atoms with Crippen LogP contribution in [0.5, 0.6) is 0 Å². The van der Waals surface area contributed by atoms with Crippen LogP contribution in [0.2, 0.25) is 0 Å². The second-order valence-corrected chi connectivity index (χ2v) is 4.70. The molecule has 0 saturated heterocycles. The van der Waals surface area contributed by atoms with Crippen molar-refractivity contribution in [2.75, 3.05) is 0 Å². The van der Waals surface area contributed by atoms with Crippen LogP contribution in [0.1, 0.15) is 26.3 Å². The van der Waals surface area contributed by atoms with Crippen molar-refractivity contribution in [2.24, 2.45) is 4.99 Å². The Morgan fingerprint density at radius 3 is 2.88 bits per heavy atom. The molecule has 1 aromatic heterocycles. The van der Waals surface area contributed by atoms with E-state index in [1.54, 1.807) is 0 Å². The van der Waals surface area contributed by atoms with E-state index in [0.29, 0.717) is 11.1 Å². The average molecular weight is 216 g/mol. The third-order valence-electron chi connectivity index (χ3n) is 3.40. The summed E-state index contributed by atoms with van der Waals surface area (Å²) in [6.07, 6.45) is 0. The van der Waals surface area contributed by atoms with Gasteiger partial charge in [-0.3, -0.25) is 9.98 Å². The summed E-state index contributed by atoms with van der Waals surface area (Å²) >= 11 is 0. The van der Waals surface area contributed by atoms with E-state index in [0.717, 1.165) is 17.0 Å². The topological polar surface area (TPSA) is 58.4 Å². The number of hydrogen-bond donors (Lipinski definition) is 1.